The quantitative estimate of drug-likeness (QED) is 0.0594. The van der Waals surface area contributed by atoms with Crippen molar-refractivity contribution < 1.29 is 23.2 Å². The highest BCUT2D eigenvalue weighted by Gasteiger charge is 2.42. The van der Waals surface area contributed by atoms with Gasteiger partial charge in [0.15, 0.2) is 29.2 Å². The number of nitrogens with zero attached hydrogens (tertiary/aromatic N) is 5. The number of fused-ring (bicyclic) bond motifs is 1. The van der Waals surface area contributed by atoms with E-state index in [1.165, 1.54) is 0 Å². The molecule has 3 aromatic carbocycles. The molecule has 0 spiro atoms. The minimum Gasteiger partial charge on any atom is -0.348 e. The Bertz CT molecular complexity index is 1660. The Hall–Kier alpha value is -3.92. The van der Waals surface area contributed by atoms with Crippen molar-refractivity contribution in [3.8, 4) is 0 Å². The lowest BCUT2D eigenvalue weighted by Crippen LogP contribution is -2.34. The highest BCUT2D eigenvalue weighted by Crippen LogP contribution is 2.50. The molecule has 10 nitrogen and oxygen atoms in total. The number of anilines is 1. The molecule has 11 heteroatoms. The predicted molar refractivity (Wildman–Crippen MR) is 184 cm³/mol. The van der Waals surface area contributed by atoms with Crippen molar-refractivity contribution in [3.63, 3.8) is 0 Å². The molecule has 0 fully saturated rings. The Morgan fingerprint density at radius 2 is 1.32 bits per heavy atom. The van der Waals surface area contributed by atoms with Gasteiger partial charge >= 0.3 is 7.60 Å². The van der Waals surface area contributed by atoms with Crippen LogP contribution >= 0.6 is 7.60 Å². The first-order chi connectivity index (χ1) is 22.7. The maximum absolute atomic E-state index is 13.5. The molecule has 0 saturated heterocycles. The first-order valence-corrected chi connectivity index (χ1v) is 17.7. The van der Waals surface area contributed by atoms with Crippen LogP contribution in [0.2, 0.25) is 0 Å². The molecule has 0 radical (unpaired) electrons. The maximum atomic E-state index is 13.5. The molecule has 0 amide bonds. The number of benzene rings is 3. The SMILES string of the molecule is CCCN(OC)c1nc(C(c2ccccc2)(c2ccccc2)c2ccccc2)nc2c1ncn2COCP(=O)(OC(C)C)OC(C)C. The maximum Gasteiger partial charge on any atom is 0.356 e. The monoisotopic (exact) mass is 657 g/mol. The molecule has 0 atom stereocenters. The van der Waals surface area contributed by atoms with Gasteiger partial charge in [0.1, 0.15) is 12.1 Å². The molecule has 0 aliphatic heterocycles. The Morgan fingerprint density at radius 3 is 1.77 bits per heavy atom. The Kier molecular flexibility index (Phi) is 11.2. The Morgan fingerprint density at radius 1 is 0.809 bits per heavy atom. The number of hydrogen-bond donors (Lipinski definition) is 0. The van der Waals surface area contributed by atoms with Crippen molar-refractivity contribution >= 4 is 24.6 Å². The smallest absolute Gasteiger partial charge is 0.348 e. The van der Waals surface area contributed by atoms with E-state index in [9.17, 15) is 4.57 Å². The van der Waals surface area contributed by atoms with Crippen molar-refractivity contribution in [1.82, 2.24) is 19.5 Å². The van der Waals surface area contributed by atoms with Gasteiger partial charge in [-0.15, -0.1) is 0 Å². The number of ether oxygens (including phenoxy) is 1. The van der Waals surface area contributed by atoms with Gasteiger partial charge in [0.25, 0.3) is 0 Å². The summed E-state index contributed by atoms with van der Waals surface area (Å²) in [6.45, 7) is 9.94. The number of aromatic nitrogens is 4. The average molecular weight is 658 g/mol. The minimum atomic E-state index is -3.52. The van der Waals surface area contributed by atoms with Gasteiger partial charge in [0.05, 0.1) is 25.6 Å². The Labute approximate surface area is 277 Å². The van der Waals surface area contributed by atoms with Crippen LogP contribution in [0.25, 0.3) is 11.2 Å². The van der Waals surface area contributed by atoms with E-state index in [0.717, 1.165) is 23.1 Å². The molecule has 248 valence electrons. The van der Waals surface area contributed by atoms with Crippen LogP contribution in [0.4, 0.5) is 5.82 Å². The van der Waals surface area contributed by atoms with Crippen molar-refractivity contribution in [2.75, 3.05) is 25.1 Å². The summed E-state index contributed by atoms with van der Waals surface area (Å²) in [5, 5.41) is 1.75. The number of imidazole rings is 1. The van der Waals surface area contributed by atoms with Crippen LogP contribution in [0.1, 0.15) is 63.6 Å². The van der Waals surface area contributed by atoms with Crippen LogP contribution in [0, 0.1) is 0 Å². The zero-order chi connectivity index (χ0) is 33.4. The molecule has 0 aliphatic carbocycles. The number of hydroxylamine groups is 1. The van der Waals surface area contributed by atoms with Gasteiger partial charge in [-0.05, 0) is 50.8 Å². The van der Waals surface area contributed by atoms with E-state index >= 15 is 0 Å². The molecular weight excluding hydrogens is 613 g/mol. The largest absolute Gasteiger partial charge is 0.356 e. The van der Waals surface area contributed by atoms with Crippen molar-refractivity contribution in [2.45, 2.75) is 65.4 Å². The summed E-state index contributed by atoms with van der Waals surface area (Å²) in [4.78, 5) is 21.2. The van der Waals surface area contributed by atoms with E-state index in [0.29, 0.717) is 29.4 Å². The second-order valence-corrected chi connectivity index (χ2v) is 13.7. The van der Waals surface area contributed by atoms with Crippen LogP contribution in [0.5, 0.6) is 0 Å². The number of rotatable bonds is 16. The summed E-state index contributed by atoms with van der Waals surface area (Å²) >= 11 is 0. The fourth-order valence-corrected chi connectivity index (χ4v) is 7.54. The molecule has 0 aliphatic rings. The molecule has 5 rings (SSSR count). The first-order valence-electron chi connectivity index (χ1n) is 16.0. The molecule has 47 heavy (non-hydrogen) atoms. The lowest BCUT2D eigenvalue weighted by Gasteiger charge is -2.35. The molecule has 2 aromatic heterocycles. The van der Waals surface area contributed by atoms with E-state index in [2.05, 4.69) is 43.3 Å². The lowest BCUT2D eigenvalue weighted by molar-refractivity contribution is 0.0715. The van der Waals surface area contributed by atoms with E-state index < -0.39 is 13.0 Å². The first kappa shape index (κ1) is 34.4. The Balaban J connectivity index is 1.73. The zero-order valence-corrected chi connectivity index (χ0v) is 28.8. The fraction of sp³-hybridized carbons (Fsp3) is 0.361. The molecule has 0 unspecified atom stereocenters. The molecule has 5 aromatic rings. The minimum absolute atomic E-state index is 0.00899. The molecule has 2 heterocycles. The van der Waals surface area contributed by atoms with Gasteiger partial charge in [0.2, 0.25) is 0 Å². The third-order valence-electron chi connectivity index (χ3n) is 7.51. The van der Waals surface area contributed by atoms with Gasteiger partial charge < -0.3 is 13.8 Å². The van der Waals surface area contributed by atoms with Crippen LogP contribution in [0.3, 0.4) is 0 Å². The van der Waals surface area contributed by atoms with Gasteiger partial charge in [-0.2, -0.15) is 0 Å². The van der Waals surface area contributed by atoms with Crippen LogP contribution in [-0.4, -0.2) is 51.7 Å². The van der Waals surface area contributed by atoms with E-state index in [1.807, 2.05) is 82.3 Å². The second kappa shape index (κ2) is 15.3. The van der Waals surface area contributed by atoms with E-state index in [1.54, 1.807) is 23.1 Å². The summed E-state index contributed by atoms with van der Waals surface area (Å²) in [6, 6.07) is 30.8. The summed E-state index contributed by atoms with van der Waals surface area (Å²) in [6.07, 6.45) is 1.65. The number of hydrogen-bond acceptors (Lipinski definition) is 9. The van der Waals surface area contributed by atoms with Gasteiger partial charge in [-0.1, -0.05) is 97.9 Å². The van der Waals surface area contributed by atoms with Crippen LogP contribution in [-0.2, 0) is 35.3 Å². The standard InChI is InChI=1S/C36H44N5O5P/c1-7-23-41(43-6)34-32-33(40(24-37-32)25-44-26-47(42,45-27(2)3)46-28(4)5)38-35(39-34)36(29-17-11-8-12-18-29,30-19-13-9-14-20-30)31-21-15-10-16-22-31/h8-22,24,27-28H,7,23,25-26H2,1-6H3. The topological polar surface area (TPSA) is 101 Å². The summed E-state index contributed by atoms with van der Waals surface area (Å²) in [7, 11) is -1.89. The van der Waals surface area contributed by atoms with Gasteiger partial charge in [-0.3, -0.25) is 14.0 Å². The third kappa shape index (κ3) is 7.48. The van der Waals surface area contributed by atoms with Gasteiger partial charge in [0, 0.05) is 6.54 Å². The van der Waals surface area contributed by atoms with Crippen molar-refractivity contribution in [2.24, 2.45) is 0 Å². The zero-order valence-electron chi connectivity index (χ0n) is 27.9. The summed E-state index contributed by atoms with van der Waals surface area (Å²) in [5.74, 6) is 1.08. The summed E-state index contributed by atoms with van der Waals surface area (Å²) in [5.41, 5.74) is 3.20. The molecule has 0 N–H and O–H groups in total. The second-order valence-electron chi connectivity index (χ2n) is 11.8. The lowest BCUT2D eigenvalue weighted by atomic mass is 9.68. The highest BCUT2D eigenvalue weighted by molar-refractivity contribution is 7.53. The predicted octanol–water partition coefficient (Wildman–Crippen LogP) is 7.96. The van der Waals surface area contributed by atoms with Crippen molar-refractivity contribution in [3.05, 3.63) is 120 Å². The fourth-order valence-electron chi connectivity index (χ4n) is 5.78. The van der Waals surface area contributed by atoms with Crippen molar-refractivity contribution in [1.29, 1.82) is 0 Å². The summed E-state index contributed by atoms with van der Waals surface area (Å²) < 4.78 is 32.7. The van der Waals surface area contributed by atoms with Gasteiger partial charge in [-0.25, -0.2) is 20.0 Å². The average Bonchev–Trinajstić information content (AvgIpc) is 3.47. The normalized spacial score (nSPS) is 12.3. The molecule has 0 bridgehead atoms. The van der Waals surface area contributed by atoms with Crippen LogP contribution in [0.15, 0.2) is 97.3 Å². The van der Waals surface area contributed by atoms with E-state index in [4.69, 9.17) is 33.6 Å². The van der Waals surface area contributed by atoms with E-state index in [-0.39, 0.29) is 25.3 Å². The third-order valence-corrected chi connectivity index (χ3v) is 9.49. The van der Waals surface area contributed by atoms with Crippen LogP contribution < -0.4 is 5.06 Å². The molecular formula is C36H44N5O5P. The molecule has 0 saturated carbocycles. The highest BCUT2D eigenvalue weighted by atomic mass is 31.2.